The molecule has 2 N–H and O–H groups in total. The van der Waals surface area contributed by atoms with Crippen molar-refractivity contribution in [3.8, 4) is 5.75 Å². The number of anilines is 1. The van der Waals surface area contributed by atoms with Crippen LogP contribution in [-0.2, 0) is 14.8 Å². The summed E-state index contributed by atoms with van der Waals surface area (Å²) < 4.78 is 46.7. The molecule has 2 aromatic carbocycles. The normalized spacial score (nSPS) is 14.4. The van der Waals surface area contributed by atoms with Gasteiger partial charge in [-0.15, -0.1) is 0 Å². The zero-order chi connectivity index (χ0) is 21.6. The van der Waals surface area contributed by atoms with Gasteiger partial charge in [0.25, 0.3) is 15.9 Å². The summed E-state index contributed by atoms with van der Waals surface area (Å²) >= 11 is 3.16. The molecule has 1 amide bonds. The van der Waals surface area contributed by atoms with Crippen LogP contribution in [0.5, 0.6) is 5.75 Å². The molecule has 0 aliphatic carbocycles. The molecule has 0 aromatic heterocycles. The number of amidine groups is 1. The van der Waals surface area contributed by atoms with Crippen molar-refractivity contribution in [2.75, 3.05) is 18.5 Å². The maximum atomic E-state index is 13.1. The van der Waals surface area contributed by atoms with Crippen molar-refractivity contribution in [1.82, 2.24) is 4.72 Å². The van der Waals surface area contributed by atoms with Crippen molar-refractivity contribution in [1.29, 1.82) is 0 Å². The number of carbonyl (C=O) groups is 1. The fourth-order valence-corrected chi connectivity index (χ4v) is 4.44. The first-order valence-electron chi connectivity index (χ1n) is 9.37. The fraction of sp³-hybridized carbons (Fsp3) is 0.300. The van der Waals surface area contributed by atoms with Crippen LogP contribution in [0.2, 0.25) is 0 Å². The number of carbonyl (C=O) groups excluding carboxylic acids is 1. The average molecular weight is 498 g/mol. The highest BCUT2D eigenvalue weighted by Gasteiger charge is 2.18. The van der Waals surface area contributed by atoms with E-state index in [4.69, 9.17) is 4.74 Å². The Morgan fingerprint density at radius 1 is 1.17 bits per heavy atom. The first-order chi connectivity index (χ1) is 14.3. The molecule has 1 aliphatic rings. The van der Waals surface area contributed by atoms with Crippen LogP contribution in [0.25, 0.3) is 0 Å². The SMILES string of the molecule is O=C(COc1ccc(F)cc1Br)Nc1cccc(S(=O)(=O)NC2=NCCCCC2)c1. The Morgan fingerprint density at radius 2 is 2.00 bits per heavy atom. The van der Waals surface area contributed by atoms with Crippen molar-refractivity contribution < 1.29 is 22.3 Å². The molecule has 0 saturated carbocycles. The summed E-state index contributed by atoms with van der Waals surface area (Å²) in [6.45, 7) is 0.286. The van der Waals surface area contributed by atoms with Gasteiger partial charge in [0.2, 0.25) is 0 Å². The lowest BCUT2D eigenvalue weighted by Crippen LogP contribution is -2.30. The molecular weight excluding hydrogens is 477 g/mol. The molecule has 0 fully saturated rings. The first kappa shape index (κ1) is 22.2. The molecule has 10 heteroatoms. The molecule has 160 valence electrons. The third-order valence-electron chi connectivity index (χ3n) is 4.31. The molecule has 3 rings (SSSR count). The van der Waals surface area contributed by atoms with Gasteiger partial charge in [0.15, 0.2) is 6.61 Å². The number of ether oxygens (including phenoxy) is 1. The van der Waals surface area contributed by atoms with Crippen LogP contribution in [0.4, 0.5) is 10.1 Å². The molecule has 0 spiro atoms. The van der Waals surface area contributed by atoms with E-state index in [1.165, 1.54) is 36.4 Å². The van der Waals surface area contributed by atoms with Crippen LogP contribution < -0.4 is 14.8 Å². The van der Waals surface area contributed by atoms with Crippen molar-refractivity contribution in [3.63, 3.8) is 0 Å². The van der Waals surface area contributed by atoms with Gasteiger partial charge in [0.05, 0.1) is 9.37 Å². The van der Waals surface area contributed by atoms with Crippen molar-refractivity contribution in [3.05, 3.63) is 52.8 Å². The van der Waals surface area contributed by atoms with Crippen LogP contribution in [0.15, 0.2) is 56.8 Å². The molecule has 0 atom stereocenters. The first-order valence-corrected chi connectivity index (χ1v) is 11.6. The minimum atomic E-state index is -3.80. The Bertz CT molecular complexity index is 1060. The largest absolute Gasteiger partial charge is 0.483 e. The number of nitrogens with zero attached hydrogens (tertiary/aromatic N) is 1. The van der Waals surface area contributed by atoms with E-state index in [1.54, 1.807) is 6.07 Å². The van der Waals surface area contributed by atoms with E-state index in [2.05, 4.69) is 31.0 Å². The van der Waals surface area contributed by atoms with E-state index in [0.29, 0.717) is 34.7 Å². The lowest BCUT2D eigenvalue weighted by atomic mass is 10.2. The lowest BCUT2D eigenvalue weighted by Gasteiger charge is -2.12. The lowest BCUT2D eigenvalue weighted by molar-refractivity contribution is -0.118. The number of benzene rings is 2. The Labute approximate surface area is 182 Å². The van der Waals surface area contributed by atoms with Gasteiger partial charge in [-0.1, -0.05) is 12.5 Å². The van der Waals surface area contributed by atoms with Gasteiger partial charge in [0, 0.05) is 18.7 Å². The summed E-state index contributed by atoms with van der Waals surface area (Å²) in [7, 11) is -3.80. The summed E-state index contributed by atoms with van der Waals surface area (Å²) in [6.07, 6.45) is 3.45. The number of hydrogen-bond donors (Lipinski definition) is 2. The maximum absolute atomic E-state index is 13.1. The van der Waals surface area contributed by atoms with Crippen LogP contribution in [0.1, 0.15) is 25.7 Å². The molecule has 30 heavy (non-hydrogen) atoms. The Kier molecular flexibility index (Phi) is 7.43. The van der Waals surface area contributed by atoms with Crippen LogP contribution in [0, 0.1) is 5.82 Å². The molecule has 0 radical (unpaired) electrons. The Hall–Kier alpha value is -2.46. The third kappa shape index (κ3) is 6.27. The quantitative estimate of drug-likeness (QED) is 0.633. The van der Waals surface area contributed by atoms with Crippen molar-refractivity contribution >= 4 is 43.4 Å². The minimum Gasteiger partial charge on any atom is -0.483 e. The summed E-state index contributed by atoms with van der Waals surface area (Å²) in [5, 5.41) is 2.59. The monoisotopic (exact) mass is 497 g/mol. The Balaban J connectivity index is 1.62. The van der Waals surface area contributed by atoms with Crippen LogP contribution >= 0.6 is 15.9 Å². The van der Waals surface area contributed by atoms with Gasteiger partial charge in [-0.3, -0.25) is 14.5 Å². The molecule has 1 heterocycles. The summed E-state index contributed by atoms with van der Waals surface area (Å²) in [5.74, 6) is -0.140. The number of nitrogens with one attached hydrogen (secondary N) is 2. The van der Waals surface area contributed by atoms with Crippen LogP contribution in [0.3, 0.4) is 0 Å². The van der Waals surface area contributed by atoms with Gasteiger partial charge in [-0.05, 0) is 65.2 Å². The van der Waals surface area contributed by atoms with Gasteiger partial charge < -0.3 is 10.1 Å². The Morgan fingerprint density at radius 3 is 2.80 bits per heavy atom. The van der Waals surface area contributed by atoms with E-state index in [0.717, 1.165) is 19.3 Å². The van der Waals surface area contributed by atoms with E-state index in [-0.39, 0.29) is 11.5 Å². The molecule has 0 bridgehead atoms. The number of amides is 1. The predicted molar refractivity (Wildman–Crippen MR) is 116 cm³/mol. The van der Waals surface area contributed by atoms with Crippen molar-refractivity contribution in [2.45, 2.75) is 30.6 Å². The number of hydrogen-bond acceptors (Lipinski definition) is 5. The smallest absolute Gasteiger partial charge is 0.262 e. The van der Waals surface area contributed by atoms with Gasteiger partial charge in [-0.25, -0.2) is 12.8 Å². The summed E-state index contributed by atoms with van der Waals surface area (Å²) in [6, 6.07) is 9.78. The molecule has 7 nitrogen and oxygen atoms in total. The molecule has 2 aromatic rings. The minimum absolute atomic E-state index is 0.0226. The number of sulfonamides is 1. The fourth-order valence-electron chi connectivity index (χ4n) is 2.85. The topological polar surface area (TPSA) is 96.9 Å². The van der Waals surface area contributed by atoms with E-state index >= 15 is 0 Å². The molecule has 1 aliphatic heterocycles. The zero-order valence-electron chi connectivity index (χ0n) is 16.0. The standard InChI is InChI=1S/C20H21BrFN3O4S/c21-17-11-14(22)8-9-18(17)29-13-20(26)24-15-5-4-6-16(12-15)30(27,28)25-19-7-2-1-3-10-23-19/h4-6,8-9,11-12H,1-3,7,10,13H2,(H,23,25)(H,24,26). The maximum Gasteiger partial charge on any atom is 0.262 e. The number of halogens is 2. The van der Waals surface area contributed by atoms with Gasteiger partial charge >= 0.3 is 0 Å². The second-order valence-electron chi connectivity index (χ2n) is 6.68. The average Bonchev–Trinajstić information content (AvgIpc) is 2.96. The molecule has 0 saturated heterocycles. The predicted octanol–water partition coefficient (Wildman–Crippen LogP) is 3.86. The molecule has 0 unspecified atom stereocenters. The summed E-state index contributed by atoms with van der Waals surface area (Å²) in [5.41, 5.74) is 0.312. The second kappa shape index (κ2) is 10.0. The zero-order valence-corrected chi connectivity index (χ0v) is 18.4. The van der Waals surface area contributed by atoms with Crippen molar-refractivity contribution in [2.24, 2.45) is 4.99 Å². The number of aliphatic imine (C=N–C) groups is 1. The van der Waals surface area contributed by atoms with E-state index < -0.39 is 21.7 Å². The van der Waals surface area contributed by atoms with E-state index in [1.807, 2.05) is 0 Å². The summed E-state index contributed by atoms with van der Waals surface area (Å²) in [4.78, 5) is 16.5. The van der Waals surface area contributed by atoms with Gasteiger partial charge in [0.1, 0.15) is 17.4 Å². The third-order valence-corrected chi connectivity index (χ3v) is 6.31. The highest BCUT2D eigenvalue weighted by Crippen LogP contribution is 2.25. The second-order valence-corrected chi connectivity index (χ2v) is 9.22. The highest BCUT2D eigenvalue weighted by atomic mass is 79.9. The molecular formula is C20H21BrFN3O4S. The number of rotatable bonds is 6. The van der Waals surface area contributed by atoms with Crippen LogP contribution in [-0.4, -0.2) is 33.3 Å². The van der Waals surface area contributed by atoms with Gasteiger partial charge in [-0.2, -0.15) is 0 Å². The van der Waals surface area contributed by atoms with E-state index in [9.17, 15) is 17.6 Å². The highest BCUT2D eigenvalue weighted by molar-refractivity contribution is 9.10.